The maximum absolute atomic E-state index is 12.8. The van der Waals surface area contributed by atoms with Gasteiger partial charge in [-0.3, -0.25) is 0 Å². The molecule has 1 nitrogen and oxygen atoms in total. The van der Waals surface area contributed by atoms with E-state index in [0.29, 0.717) is 0 Å². The second kappa shape index (κ2) is 16.6. The summed E-state index contributed by atoms with van der Waals surface area (Å²) in [7, 11) is 0. The number of halogens is 1. The lowest BCUT2D eigenvalue weighted by Crippen LogP contribution is -2.14. The molecule has 3 rings (SSSR count). The summed E-state index contributed by atoms with van der Waals surface area (Å²) in [6.45, 7) is 2.28. The van der Waals surface area contributed by atoms with E-state index in [4.69, 9.17) is 5.26 Å². The molecule has 196 valence electrons. The van der Waals surface area contributed by atoms with Gasteiger partial charge in [-0.1, -0.05) is 81.2 Å². The second-order valence-electron chi connectivity index (χ2n) is 11.3. The van der Waals surface area contributed by atoms with Crippen molar-refractivity contribution in [2.45, 2.75) is 116 Å². The van der Waals surface area contributed by atoms with Crippen LogP contribution < -0.4 is 0 Å². The van der Waals surface area contributed by atoms with Gasteiger partial charge < -0.3 is 0 Å². The molecule has 0 unspecified atom stereocenters. The van der Waals surface area contributed by atoms with E-state index < -0.39 is 5.83 Å². The zero-order chi connectivity index (χ0) is 25.4. The van der Waals surface area contributed by atoms with Crippen LogP contribution in [0.15, 0.2) is 60.5 Å². The maximum atomic E-state index is 12.8. The minimum atomic E-state index is -0.718. The van der Waals surface area contributed by atoms with Gasteiger partial charge in [0.1, 0.15) is 6.07 Å². The van der Waals surface area contributed by atoms with Gasteiger partial charge in [-0.15, -0.1) is 0 Å². The fraction of sp³-hybridized carbons (Fsp3) is 0.618. The van der Waals surface area contributed by atoms with Crippen LogP contribution in [0.4, 0.5) is 4.39 Å². The highest BCUT2D eigenvalue weighted by Crippen LogP contribution is 2.38. The molecule has 0 heterocycles. The fourth-order valence-corrected chi connectivity index (χ4v) is 6.14. The van der Waals surface area contributed by atoms with Crippen LogP contribution in [-0.2, 0) is 6.42 Å². The first-order valence-corrected chi connectivity index (χ1v) is 14.9. The molecule has 0 saturated heterocycles. The minimum absolute atomic E-state index is 0.718. The lowest BCUT2D eigenvalue weighted by molar-refractivity contribution is 0.295. The fourth-order valence-electron chi connectivity index (χ4n) is 6.14. The summed E-state index contributed by atoms with van der Waals surface area (Å²) >= 11 is 0. The Morgan fingerprint density at radius 1 is 0.889 bits per heavy atom. The minimum Gasteiger partial charge on any atom is -0.195 e. The highest BCUT2D eigenvalue weighted by molar-refractivity contribution is 5.26. The first-order valence-electron chi connectivity index (χ1n) is 14.9. The molecule has 0 aliphatic heterocycles. The number of unbranched alkanes of at least 4 members (excludes halogenated alkanes) is 4. The Morgan fingerprint density at radius 3 is 2.17 bits per heavy atom. The van der Waals surface area contributed by atoms with Crippen LogP contribution in [0.2, 0.25) is 0 Å². The Morgan fingerprint density at radius 2 is 1.53 bits per heavy atom. The zero-order valence-electron chi connectivity index (χ0n) is 22.6. The number of nitriles is 1. The maximum Gasteiger partial charge on any atom is 0.199 e. The number of allylic oxidation sites excluding steroid dienone is 6. The molecule has 0 aromatic heterocycles. The molecule has 2 saturated carbocycles. The van der Waals surface area contributed by atoms with Crippen molar-refractivity contribution in [2.24, 2.45) is 17.8 Å². The number of hydrogen-bond donors (Lipinski definition) is 0. The molecular weight excluding hydrogens is 441 g/mol. The van der Waals surface area contributed by atoms with Gasteiger partial charge in [-0.25, -0.2) is 0 Å². The van der Waals surface area contributed by atoms with Crippen LogP contribution in [0.3, 0.4) is 0 Å². The van der Waals surface area contributed by atoms with Crippen molar-refractivity contribution in [3.05, 3.63) is 71.6 Å². The molecule has 0 bridgehead atoms. The quantitative estimate of drug-likeness (QED) is 0.117. The van der Waals surface area contributed by atoms with Crippen LogP contribution in [0.5, 0.6) is 0 Å². The summed E-state index contributed by atoms with van der Waals surface area (Å²) < 4.78 is 12.8. The van der Waals surface area contributed by atoms with Crippen LogP contribution in [0.25, 0.3) is 0 Å². The molecular formula is C34H48FN. The molecule has 36 heavy (non-hydrogen) atoms. The Hall–Kier alpha value is -2.14. The normalized spacial score (nSPS) is 25.4. The van der Waals surface area contributed by atoms with Crippen LogP contribution in [-0.4, -0.2) is 0 Å². The van der Waals surface area contributed by atoms with Gasteiger partial charge >= 0.3 is 0 Å². The summed E-state index contributed by atoms with van der Waals surface area (Å²) in [6, 6.07) is 11.1. The smallest absolute Gasteiger partial charge is 0.195 e. The van der Waals surface area contributed by atoms with Gasteiger partial charge in [-0.2, -0.15) is 9.65 Å². The van der Waals surface area contributed by atoms with Crippen molar-refractivity contribution in [2.75, 3.05) is 0 Å². The van der Waals surface area contributed by atoms with Crippen molar-refractivity contribution in [1.82, 2.24) is 0 Å². The average Bonchev–Trinajstić information content (AvgIpc) is 2.93. The van der Waals surface area contributed by atoms with Gasteiger partial charge in [0, 0.05) is 0 Å². The summed E-state index contributed by atoms with van der Waals surface area (Å²) in [5.74, 6) is 2.37. The lowest BCUT2D eigenvalue weighted by atomic mass is 9.76. The SMILES string of the molecule is CCCCCCCc1ccc(C2CCC(C=CC3CCC(CCC=CC=C(F)C#N)CC3)CC2)cc1. The van der Waals surface area contributed by atoms with Crippen molar-refractivity contribution in [1.29, 1.82) is 5.26 Å². The van der Waals surface area contributed by atoms with Crippen LogP contribution in [0, 0.1) is 29.1 Å². The molecule has 0 radical (unpaired) electrons. The third kappa shape index (κ3) is 10.5. The average molecular weight is 490 g/mol. The number of hydrogen-bond acceptors (Lipinski definition) is 1. The third-order valence-corrected chi connectivity index (χ3v) is 8.57. The molecule has 0 spiro atoms. The monoisotopic (exact) mass is 489 g/mol. The largest absolute Gasteiger partial charge is 0.199 e. The Labute approximate surface area is 220 Å². The van der Waals surface area contributed by atoms with Gasteiger partial charge in [-0.05, 0) is 118 Å². The van der Waals surface area contributed by atoms with E-state index in [1.165, 1.54) is 114 Å². The molecule has 2 fully saturated rings. The molecule has 2 aliphatic carbocycles. The lowest BCUT2D eigenvalue weighted by Gasteiger charge is -2.29. The zero-order valence-corrected chi connectivity index (χ0v) is 22.6. The highest BCUT2D eigenvalue weighted by atomic mass is 19.1. The molecule has 0 amide bonds. The molecule has 1 aromatic rings. The number of benzene rings is 1. The van der Waals surface area contributed by atoms with Crippen LogP contribution >= 0.6 is 0 Å². The van der Waals surface area contributed by atoms with E-state index in [2.05, 4.69) is 43.3 Å². The van der Waals surface area contributed by atoms with Crippen molar-refractivity contribution in [3.63, 3.8) is 0 Å². The van der Waals surface area contributed by atoms with Gasteiger partial charge in [0.2, 0.25) is 0 Å². The second-order valence-corrected chi connectivity index (χ2v) is 11.3. The van der Waals surface area contributed by atoms with E-state index in [9.17, 15) is 4.39 Å². The Kier molecular flexibility index (Phi) is 13.1. The first-order chi connectivity index (χ1) is 17.7. The van der Waals surface area contributed by atoms with Crippen molar-refractivity contribution < 1.29 is 4.39 Å². The third-order valence-electron chi connectivity index (χ3n) is 8.57. The number of aryl methyl sites for hydroxylation is 1. The van der Waals surface area contributed by atoms with Gasteiger partial charge in [0.05, 0.1) is 0 Å². The van der Waals surface area contributed by atoms with E-state index in [-0.39, 0.29) is 0 Å². The van der Waals surface area contributed by atoms with Crippen molar-refractivity contribution in [3.8, 4) is 6.07 Å². The molecule has 0 atom stereocenters. The first kappa shape index (κ1) is 28.4. The molecule has 0 N–H and O–H groups in total. The van der Waals surface area contributed by atoms with Gasteiger partial charge in [0.15, 0.2) is 5.83 Å². The summed E-state index contributed by atoms with van der Waals surface area (Å²) in [4.78, 5) is 0. The topological polar surface area (TPSA) is 23.8 Å². The van der Waals surface area contributed by atoms with E-state index >= 15 is 0 Å². The Bertz CT molecular complexity index is 855. The summed E-state index contributed by atoms with van der Waals surface area (Å²) in [6.07, 6.45) is 30.8. The van der Waals surface area contributed by atoms with E-state index in [0.717, 1.165) is 30.1 Å². The molecule has 2 aliphatic rings. The predicted octanol–water partition coefficient (Wildman–Crippen LogP) is 10.5. The summed E-state index contributed by atoms with van der Waals surface area (Å²) in [5, 5.41) is 8.42. The summed E-state index contributed by atoms with van der Waals surface area (Å²) in [5.41, 5.74) is 3.08. The predicted molar refractivity (Wildman–Crippen MR) is 151 cm³/mol. The van der Waals surface area contributed by atoms with Crippen molar-refractivity contribution >= 4 is 0 Å². The Balaban J connectivity index is 1.30. The van der Waals surface area contributed by atoms with E-state index in [1.54, 1.807) is 11.6 Å². The number of nitrogens with zero attached hydrogens (tertiary/aromatic N) is 1. The van der Waals surface area contributed by atoms with Crippen LogP contribution in [0.1, 0.15) is 120 Å². The van der Waals surface area contributed by atoms with Gasteiger partial charge in [0.25, 0.3) is 0 Å². The highest BCUT2D eigenvalue weighted by Gasteiger charge is 2.22. The van der Waals surface area contributed by atoms with E-state index in [1.807, 2.05) is 6.08 Å². The number of rotatable bonds is 13. The standard InChI is InChI=1S/C34H48FN/c1-2-3-4-5-7-10-29-19-23-32(24-20-29)33-25-21-31(22-26-33)18-17-30-15-13-28(14-16-30)11-8-6-9-12-34(35)27-36/h6,9,12,17-20,23-24,28,30-31,33H,2-5,7-8,10-11,13-16,21-22,25-26H2,1H3. The molecule has 2 heteroatoms. The molecule has 1 aromatic carbocycles.